The second kappa shape index (κ2) is 17.3. The number of hydrogen-bond donors (Lipinski definition) is 3. The lowest BCUT2D eigenvalue weighted by Gasteiger charge is -2.61. The van der Waals surface area contributed by atoms with Gasteiger partial charge in [0.25, 0.3) is 0 Å². The fraction of sp³-hybridized carbons (Fsp3) is 1.00. The minimum Gasteiger partial charge on any atom is -0.317 e. The van der Waals surface area contributed by atoms with E-state index in [2.05, 4.69) is 38.3 Å². The lowest BCUT2D eigenvalue weighted by molar-refractivity contribution is -0.118. The molecule has 3 N–H and O–H groups in total. The van der Waals surface area contributed by atoms with Crippen molar-refractivity contribution in [3.05, 3.63) is 0 Å². The Hall–Kier alpha value is -0.210. The highest BCUT2D eigenvalue weighted by atomic mass is 32.3. The Balaban J connectivity index is 0.00000259. The summed E-state index contributed by atoms with van der Waals surface area (Å²) in [6.07, 6.45) is 18.8. The van der Waals surface area contributed by atoms with Crippen LogP contribution in [0.15, 0.2) is 0 Å². The van der Waals surface area contributed by atoms with Gasteiger partial charge in [-0.1, -0.05) is 68.2 Å². The maximum absolute atomic E-state index is 11.4. The van der Waals surface area contributed by atoms with Gasteiger partial charge in [0.2, 0.25) is 0 Å². The molecule has 4 aliphatic carbocycles. The molecule has 6 nitrogen and oxygen atoms in total. The summed E-state index contributed by atoms with van der Waals surface area (Å²) in [5.74, 6) is 4.81. The SMILES string of the molecule is CC.CCCCCNCCCNC1CCC2(C)C(CCC3C2CCC2(C)C3CCC2[C@H](C)CCC(OS(=O)(=O)O)C(C)C)C1. The molecular weight excluding hydrogens is 568 g/mol. The predicted molar refractivity (Wildman–Crippen MR) is 185 cm³/mol. The molecule has 4 aliphatic rings. The van der Waals surface area contributed by atoms with E-state index in [1.54, 1.807) is 0 Å². The van der Waals surface area contributed by atoms with E-state index in [-0.39, 0.29) is 5.92 Å². The van der Waals surface area contributed by atoms with Gasteiger partial charge in [-0.25, -0.2) is 4.18 Å². The van der Waals surface area contributed by atoms with E-state index >= 15 is 0 Å². The first-order valence-corrected chi connectivity index (χ1v) is 20.3. The van der Waals surface area contributed by atoms with Crippen molar-refractivity contribution in [3.63, 3.8) is 0 Å². The van der Waals surface area contributed by atoms with Crippen LogP contribution in [0, 0.1) is 52.3 Å². The van der Waals surface area contributed by atoms with Crippen molar-refractivity contribution in [2.24, 2.45) is 52.3 Å². The minimum atomic E-state index is -4.42. The Labute approximate surface area is 273 Å². The van der Waals surface area contributed by atoms with Crippen LogP contribution in [-0.2, 0) is 14.6 Å². The number of fused-ring (bicyclic) bond motifs is 5. The van der Waals surface area contributed by atoms with Crippen molar-refractivity contribution in [1.29, 1.82) is 0 Å². The number of nitrogens with one attached hydrogen (secondary N) is 2. The third kappa shape index (κ3) is 9.45. The average Bonchev–Trinajstić information content (AvgIpc) is 3.34. The van der Waals surface area contributed by atoms with Crippen molar-refractivity contribution in [1.82, 2.24) is 10.6 Å². The second-order valence-corrected chi connectivity index (χ2v) is 17.0. The first-order chi connectivity index (χ1) is 20.9. The van der Waals surface area contributed by atoms with E-state index in [1.165, 1.54) is 90.0 Å². The Morgan fingerprint density at radius 3 is 2.20 bits per heavy atom. The van der Waals surface area contributed by atoms with Gasteiger partial charge in [0.15, 0.2) is 0 Å². The molecule has 260 valence electrons. The predicted octanol–water partition coefficient (Wildman–Crippen LogP) is 9.06. The monoisotopic (exact) mass is 641 g/mol. The standard InChI is InChI=1S/C35H66N2O4S.C2H6/c1-7-8-9-21-36-22-10-23-37-28-17-19-34(5)27(24-28)12-13-29-31-15-14-30(35(31,6)20-18-32(29)34)26(4)11-16-33(25(2)3)41-42(38,39)40;1-2/h25-33,36-37H,7-24H2,1-6H3,(H,38,39,40);1-2H3/t26-,27?,28?,29?,30?,31?,32?,33?,34?,35?;/m1./s1. The first-order valence-electron chi connectivity index (χ1n) is 19.0. The molecule has 7 heteroatoms. The highest BCUT2D eigenvalue weighted by Gasteiger charge is 2.60. The molecular formula is C37H72N2O4S. The molecule has 0 aromatic rings. The van der Waals surface area contributed by atoms with Crippen LogP contribution >= 0.6 is 0 Å². The molecule has 0 aliphatic heterocycles. The lowest BCUT2D eigenvalue weighted by Crippen LogP contribution is -2.55. The molecule has 0 saturated heterocycles. The summed E-state index contributed by atoms with van der Waals surface area (Å²) in [6.45, 7) is 21.4. The normalized spacial score (nSPS) is 36.5. The van der Waals surface area contributed by atoms with Gasteiger partial charge < -0.3 is 10.6 Å². The molecule has 0 bridgehead atoms. The molecule has 0 spiro atoms. The zero-order chi connectivity index (χ0) is 32.5. The third-order valence-electron chi connectivity index (χ3n) is 13.2. The molecule has 0 radical (unpaired) electrons. The van der Waals surface area contributed by atoms with Gasteiger partial charge in [-0.05, 0) is 155 Å². The Kier molecular flexibility index (Phi) is 15.0. The zero-order valence-electron chi connectivity index (χ0n) is 30.0. The van der Waals surface area contributed by atoms with Gasteiger partial charge in [-0.3, -0.25) is 4.55 Å². The average molecular weight is 641 g/mol. The van der Waals surface area contributed by atoms with Gasteiger partial charge in [-0.15, -0.1) is 0 Å². The van der Waals surface area contributed by atoms with Crippen molar-refractivity contribution >= 4 is 10.4 Å². The smallest absolute Gasteiger partial charge is 0.317 e. The largest absolute Gasteiger partial charge is 0.397 e. The van der Waals surface area contributed by atoms with Crippen LogP contribution < -0.4 is 10.6 Å². The zero-order valence-corrected chi connectivity index (χ0v) is 30.8. The summed E-state index contributed by atoms with van der Waals surface area (Å²) in [7, 11) is -4.42. The highest BCUT2D eigenvalue weighted by molar-refractivity contribution is 7.80. The topological polar surface area (TPSA) is 87.7 Å². The fourth-order valence-corrected chi connectivity index (χ4v) is 11.5. The van der Waals surface area contributed by atoms with Gasteiger partial charge in [0.05, 0.1) is 6.10 Å². The summed E-state index contributed by atoms with van der Waals surface area (Å²) in [6, 6.07) is 0.713. The third-order valence-corrected chi connectivity index (χ3v) is 13.7. The van der Waals surface area contributed by atoms with Gasteiger partial charge >= 0.3 is 10.4 Å². The minimum absolute atomic E-state index is 0.0556. The number of unbranched alkanes of at least 4 members (excludes halogenated alkanes) is 2. The Morgan fingerprint density at radius 2 is 1.52 bits per heavy atom. The van der Waals surface area contributed by atoms with Crippen molar-refractivity contribution in [2.45, 2.75) is 164 Å². The summed E-state index contributed by atoms with van der Waals surface area (Å²) < 4.78 is 37.1. The van der Waals surface area contributed by atoms with Crippen LogP contribution in [0.2, 0.25) is 0 Å². The summed E-state index contributed by atoms with van der Waals surface area (Å²) in [4.78, 5) is 0. The van der Waals surface area contributed by atoms with E-state index in [4.69, 9.17) is 4.18 Å². The van der Waals surface area contributed by atoms with Crippen LogP contribution in [0.25, 0.3) is 0 Å². The lowest BCUT2D eigenvalue weighted by atomic mass is 9.44. The van der Waals surface area contributed by atoms with Gasteiger partial charge in [0.1, 0.15) is 0 Å². The van der Waals surface area contributed by atoms with Crippen LogP contribution in [0.4, 0.5) is 0 Å². The van der Waals surface area contributed by atoms with Crippen LogP contribution in [0.3, 0.4) is 0 Å². The molecule has 4 saturated carbocycles. The summed E-state index contributed by atoms with van der Waals surface area (Å²) >= 11 is 0. The molecule has 0 heterocycles. The maximum atomic E-state index is 11.4. The van der Waals surface area contributed by atoms with E-state index in [0.717, 1.165) is 43.2 Å². The maximum Gasteiger partial charge on any atom is 0.397 e. The van der Waals surface area contributed by atoms with E-state index in [0.29, 0.717) is 35.1 Å². The van der Waals surface area contributed by atoms with Crippen LogP contribution in [0.5, 0.6) is 0 Å². The molecule has 0 aromatic carbocycles. The van der Waals surface area contributed by atoms with Crippen molar-refractivity contribution < 1.29 is 17.2 Å². The fourth-order valence-electron chi connectivity index (χ4n) is 10.8. The van der Waals surface area contributed by atoms with Crippen molar-refractivity contribution in [2.75, 3.05) is 19.6 Å². The number of rotatable bonds is 16. The van der Waals surface area contributed by atoms with Crippen LogP contribution in [0.1, 0.15) is 152 Å². The quantitative estimate of drug-likeness (QED) is 0.115. The van der Waals surface area contributed by atoms with Crippen molar-refractivity contribution in [3.8, 4) is 0 Å². The molecule has 44 heavy (non-hydrogen) atoms. The first kappa shape index (κ1) is 38.2. The van der Waals surface area contributed by atoms with E-state index < -0.39 is 16.5 Å². The second-order valence-electron chi connectivity index (χ2n) is 16.0. The molecule has 0 aromatic heterocycles. The Bertz CT molecular complexity index is 944. The molecule has 4 rings (SSSR count). The molecule has 10 atom stereocenters. The van der Waals surface area contributed by atoms with Gasteiger partial charge in [-0.2, -0.15) is 8.42 Å². The molecule has 0 amide bonds. The van der Waals surface area contributed by atoms with E-state index in [1.807, 2.05) is 27.7 Å². The Morgan fingerprint density at radius 1 is 0.841 bits per heavy atom. The molecule has 4 fully saturated rings. The summed E-state index contributed by atoms with van der Waals surface area (Å²) in [5, 5.41) is 7.57. The van der Waals surface area contributed by atoms with Gasteiger partial charge in [0, 0.05) is 6.04 Å². The highest BCUT2D eigenvalue weighted by Crippen LogP contribution is 2.68. The molecule has 9 unspecified atom stereocenters. The van der Waals surface area contributed by atoms with E-state index in [9.17, 15) is 13.0 Å². The summed E-state index contributed by atoms with van der Waals surface area (Å²) in [5.41, 5.74) is 0.926. The van der Waals surface area contributed by atoms with Crippen LogP contribution in [-0.4, -0.2) is 44.8 Å². The number of hydrogen-bond acceptors (Lipinski definition) is 5.